The number of nitrogens with zero attached hydrogens (tertiary/aromatic N) is 2. The average Bonchev–Trinajstić information content (AvgIpc) is 2.73. The molecule has 0 N–H and O–H groups in total. The molecule has 6 heteroatoms. The van der Waals surface area contributed by atoms with E-state index in [0.717, 1.165) is 6.42 Å². The number of para-hydroxylation sites is 1. The van der Waals surface area contributed by atoms with Gasteiger partial charge in [0.15, 0.2) is 0 Å². The van der Waals surface area contributed by atoms with E-state index in [4.69, 9.17) is 4.74 Å². The first-order valence-corrected chi connectivity index (χ1v) is 9.31. The van der Waals surface area contributed by atoms with Crippen LogP contribution >= 0.6 is 0 Å². The normalized spacial score (nSPS) is 12.9. The molecule has 28 heavy (non-hydrogen) atoms. The van der Waals surface area contributed by atoms with E-state index in [2.05, 4.69) is 6.07 Å². The van der Waals surface area contributed by atoms with Crippen LogP contribution in [0.1, 0.15) is 34.8 Å². The number of fused-ring (bicyclic) bond motifs is 1. The van der Waals surface area contributed by atoms with E-state index in [1.165, 1.54) is 30.1 Å². The fourth-order valence-electron chi connectivity index (χ4n) is 3.51. The molecule has 0 radical (unpaired) electrons. The van der Waals surface area contributed by atoms with Crippen LogP contribution < -0.4 is 4.90 Å². The average molecular weight is 380 g/mol. The summed E-state index contributed by atoms with van der Waals surface area (Å²) >= 11 is 0. The van der Waals surface area contributed by atoms with Crippen molar-refractivity contribution in [1.82, 2.24) is 4.90 Å². The number of carbonyl (C=O) groups excluding carboxylic acids is 3. The third-order valence-corrected chi connectivity index (χ3v) is 5.01. The predicted octanol–water partition coefficient (Wildman–Crippen LogP) is 2.80. The van der Waals surface area contributed by atoms with Gasteiger partial charge in [-0.1, -0.05) is 36.4 Å². The number of rotatable bonds is 5. The van der Waals surface area contributed by atoms with Gasteiger partial charge in [0.1, 0.15) is 0 Å². The Morgan fingerprint density at radius 2 is 1.71 bits per heavy atom. The molecule has 0 aromatic heterocycles. The lowest BCUT2D eigenvalue weighted by molar-refractivity contribution is -0.131. The molecule has 1 heterocycles. The van der Waals surface area contributed by atoms with Gasteiger partial charge in [-0.25, -0.2) is 4.79 Å². The Balaban J connectivity index is 1.71. The van der Waals surface area contributed by atoms with E-state index in [0.29, 0.717) is 24.3 Å². The molecule has 0 fully saturated rings. The Bertz CT molecular complexity index is 894. The molecule has 0 saturated heterocycles. The molecule has 146 valence electrons. The molecule has 0 spiro atoms. The first-order chi connectivity index (χ1) is 13.5. The molecule has 0 saturated carbocycles. The highest BCUT2D eigenvalue weighted by Gasteiger charge is 2.24. The van der Waals surface area contributed by atoms with Crippen molar-refractivity contribution in [1.29, 1.82) is 0 Å². The zero-order chi connectivity index (χ0) is 20.1. The van der Waals surface area contributed by atoms with Crippen molar-refractivity contribution in [3.8, 4) is 0 Å². The minimum absolute atomic E-state index is 0.00342. The Labute approximate surface area is 164 Å². The van der Waals surface area contributed by atoms with E-state index < -0.39 is 5.97 Å². The number of carbonyl (C=O) groups is 3. The highest BCUT2D eigenvalue weighted by atomic mass is 16.5. The number of hydrogen-bond acceptors (Lipinski definition) is 4. The van der Waals surface area contributed by atoms with Gasteiger partial charge < -0.3 is 14.5 Å². The van der Waals surface area contributed by atoms with Crippen LogP contribution in [0.15, 0.2) is 48.5 Å². The first kappa shape index (κ1) is 19.6. The second kappa shape index (κ2) is 8.69. The van der Waals surface area contributed by atoms with Crippen molar-refractivity contribution in [2.24, 2.45) is 0 Å². The molecule has 2 aromatic rings. The lowest BCUT2D eigenvalue weighted by Crippen LogP contribution is -2.39. The number of hydrogen-bond donors (Lipinski definition) is 0. The predicted molar refractivity (Wildman–Crippen MR) is 106 cm³/mol. The monoisotopic (exact) mass is 380 g/mol. The molecule has 6 nitrogen and oxygen atoms in total. The summed E-state index contributed by atoms with van der Waals surface area (Å²) in [4.78, 5) is 40.3. The van der Waals surface area contributed by atoms with E-state index in [1.807, 2.05) is 23.1 Å². The van der Waals surface area contributed by atoms with E-state index >= 15 is 0 Å². The van der Waals surface area contributed by atoms with Gasteiger partial charge in [-0.15, -0.1) is 0 Å². The summed E-state index contributed by atoms with van der Waals surface area (Å²) in [7, 11) is 1.30. The van der Waals surface area contributed by atoms with Gasteiger partial charge in [0, 0.05) is 33.0 Å². The minimum atomic E-state index is -0.513. The lowest BCUT2D eigenvalue weighted by Gasteiger charge is -2.30. The first-order valence-electron chi connectivity index (χ1n) is 9.31. The fourth-order valence-corrected chi connectivity index (χ4v) is 3.51. The van der Waals surface area contributed by atoms with Gasteiger partial charge in [-0.2, -0.15) is 0 Å². The molecule has 0 atom stereocenters. The molecular weight excluding hydrogens is 356 g/mol. The van der Waals surface area contributed by atoms with Crippen LogP contribution in [0.2, 0.25) is 0 Å². The number of methoxy groups -OCH3 is 1. The summed E-state index contributed by atoms with van der Waals surface area (Å²) in [6.07, 6.45) is 1.03. The van der Waals surface area contributed by atoms with Crippen LogP contribution in [0.25, 0.3) is 0 Å². The van der Waals surface area contributed by atoms with Crippen LogP contribution in [-0.4, -0.2) is 42.9 Å². The standard InChI is InChI=1S/C22H24N2O4/c1-16(25)24(20-10-6-5-9-19(20)22(27)28-2)14-12-21(26)23-13-11-17-7-3-4-8-18(17)15-23/h3-10H,11-15H2,1-2H3. The van der Waals surface area contributed by atoms with Crippen LogP contribution in [0.5, 0.6) is 0 Å². The molecule has 0 bridgehead atoms. The summed E-state index contributed by atoms with van der Waals surface area (Å²) in [5.74, 6) is -0.745. The Morgan fingerprint density at radius 1 is 1.04 bits per heavy atom. The summed E-state index contributed by atoms with van der Waals surface area (Å²) < 4.78 is 4.81. The molecule has 3 rings (SSSR count). The van der Waals surface area contributed by atoms with Crippen molar-refractivity contribution < 1.29 is 19.1 Å². The quantitative estimate of drug-likeness (QED) is 0.748. The van der Waals surface area contributed by atoms with Gasteiger partial charge in [0.25, 0.3) is 0 Å². The lowest BCUT2D eigenvalue weighted by atomic mass is 10.00. The maximum absolute atomic E-state index is 12.7. The maximum atomic E-state index is 12.7. The summed E-state index contributed by atoms with van der Waals surface area (Å²) in [6.45, 7) is 2.90. The van der Waals surface area contributed by atoms with Crippen LogP contribution in [0, 0.1) is 0 Å². The van der Waals surface area contributed by atoms with Crippen molar-refractivity contribution in [3.63, 3.8) is 0 Å². The van der Waals surface area contributed by atoms with Gasteiger partial charge in [0.2, 0.25) is 11.8 Å². The van der Waals surface area contributed by atoms with Crippen molar-refractivity contribution in [3.05, 3.63) is 65.2 Å². The third-order valence-electron chi connectivity index (χ3n) is 5.01. The molecule has 0 aliphatic carbocycles. The van der Waals surface area contributed by atoms with Gasteiger partial charge in [-0.3, -0.25) is 9.59 Å². The van der Waals surface area contributed by atoms with Gasteiger partial charge in [0.05, 0.1) is 18.4 Å². The Hall–Kier alpha value is -3.15. The number of amides is 2. The summed E-state index contributed by atoms with van der Waals surface area (Å²) in [5, 5.41) is 0. The molecule has 2 amide bonds. The number of anilines is 1. The largest absolute Gasteiger partial charge is 0.465 e. The van der Waals surface area contributed by atoms with Crippen molar-refractivity contribution in [2.45, 2.75) is 26.3 Å². The summed E-state index contributed by atoms with van der Waals surface area (Å²) in [5.41, 5.74) is 3.21. The Morgan fingerprint density at radius 3 is 2.43 bits per heavy atom. The van der Waals surface area contributed by atoms with Crippen molar-refractivity contribution in [2.75, 3.05) is 25.1 Å². The maximum Gasteiger partial charge on any atom is 0.339 e. The highest BCUT2D eigenvalue weighted by molar-refractivity contribution is 6.02. The zero-order valence-electron chi connectivity index (χ0n) is 16.2. The SMILES string of the molecule is COC(=O)c1ccccc1N(CCC(=O)N1CCc2ccccc2C1)C(C)=O. The molecular formula is C22H24N2O4. The molecule has 0 unspecified atom stereocenters. The Kier molecular flexibility index (Phi) is 6.09. The summed E-state index contributed by atoms with van der Waals surface area (Å²) in [6, 6.07) is 14.9. The number of benzene rings is 2. The third kappa shape index (κ3) is 4.22. The smallest absolute Gasteiger partial charge is 0.339 e. The van der Waals surface area contributed by atoms with E-state index in [9.17, 15) is 14.4 Å². The second-order valence-electron chi connectivity index (χ2n) is 6.76. The number of esters is 1. The second-order valence-corrected chi connectivity index (χ2v) is 6.76. The number of ether oxygens (including phenoxy) is 1. The zero-order valence-corrected chi connectivity index (χ0v) is 16.2. The molecule has 1 aliphatic rings. The fraction of sp³-hybridized carbons (Fsp3) is 0.318. The molecule has 1 aliphatic heterocycles. The van der Waals surface area contributed by atoms with Crippen LogP contribution in [0.4, 0.5) is 5.69 Å². The van der Waals surface area contributed by atoms with E-state index in [-0.39, 0.29) is 24.8 Å². The van der Waals surface area contributed by atoms with Crippen molar-refractivity contribution >= 4 is 23.5 Å². The van der Waals surface area contributed by atoms with E-state index in [1.54, 1.807) is 24.3 Å². The van der Waals surface area contributed by atoms with Crippen LogP contribution in [0.3, 0.4) is 0 Å². The van der Waals surface area contributed by atoms with Gasteiger partial charge in [-0.05, 0) is 29.7 Å². The van der Waals surface area contributed by atoms with Gasteiger partial charge >= 0.3 is 5.97 Å². The van der Waals surface area contributed by atoms with Crippen LogP contribution in [-0.2, 0) is 27.3 Å². The highest BCUT2D eigenvalue weighted by Crippen LogP contribution is 2.23. The molecule has 2 aromatic carbocycles. The minimum Gasteiger partial charge on any atom is -0.465 e. The topological polar surface area (TPSA) is 66.9 Å².